The average Bonchev–Trinajstić information content (AvgIpc) is 3.27. The molecule has 5 nitrogen and oxygen atoms in total. The number of carbonyl (C=O) groups is 1. The fourth-order valence-electron chi connectivity index (χ4n) is 3.67. The molecule has 0 spiro atoms. The standard InChI is InChI=1S/C18H22N2O3/c1-12-5-4-6-13-9-16(23-17(12)13)18(21)19-14-10-22-11-15(14)20-7-2-3-8-20/h4-6,9,14-15H,2-3,7-8,10-11H2,1H3,(H,19,21)/t14-,15-/m1/s1. The predicted molar refractivity (Wildman–Crippen MR) is 87.6 cm³/mol. The topological polar surface area (TPSA) is 54.7 Å². The SMILES string of the molecule is Cc1cccc2cc(C(=O)N[C@@H]3COC[C@H]3N3CCCC3)oc12. The molecule has 2 saturated heterocycles. The van der Waals surface area contributed by atoms with Crippen molar-refractivity contribution in [3.63, 3.8) is 0 Å². The molecule has 0 radical (unpaired) electrons. The monoisotopic (exact) mass is 314 g/mol. The van der Waals surface area contributed by atoms with Gasteiger partial charge in [-0.3, -0.25) is 9.69 Å². The minimum atomic E-state index is -0.153. The third-order valence-electron chi connectivity index (χ3n) is 4.94. The van der Waals surface area contributed by atoms with E-state index in [4.69, 9.17) is 9.15 Å². The first-order valence-corrected chi connectivity index (χ1v) is 8.34. The predicted octanol–water partition coefficient (Wildman–Crippen LogP) is 2.33. The Hall–Kier alpha value is -1.85. The van der Waals surface area contributed by atoms with Crippen molar-refractivity contribution in [2.45, 2.75) is 31.8 Å². The van der Waals surface area contributed by atoms with Crippen LogP contribution in [-0.2, 0) is 4.74 Å². The lowest BCUT2D eigenvalue weighted by molar-refractivity contribution is 0.0890. The molecule has 0 bridgehead atoms. The highest BCUT2D eigenvalue weighted by Gasteiger charge is 2.35. The van der Waals surface area contributed by atoms with Crippen LogP contribution >= 0.6 is 0 Å². The van der Waals surface area contributed by atoms with Gasteiger partial charge in [-0.25, -0.2) is 0 Å². The third kappa shape index (κ3) is 2.75. The number of likely N-dealkylation sites (tertiary alicyclic amines) is 1. The maximum Gasteiger partial charge on any atom is 0.287 e. The van der Waals surface area contributed by atoms with E-state index in [-0.39, 0.29) is 18.0 Å². The van der Waals surface area contributed by atoms with Crippen LogP contribution in [0.5, 0.6) is 0 Å². The Morgan fingerprint density at radius 2 is 2.09 bits per heavy atom. The minimum Gasteiger partial charge on any atom is -0.451 e. The molecule has 0 aliphatic carbocycles. The third-order valence-corrected chi connectivity index (χ3v) is 4.94. The highest BCUT2D eigenvalue weighted by atomic mass is 16.5. The number of para-hydroxylation sites is 1. The van der Waals surface area contributed by atoms with E-state index < -0.39 is 0 Å². The highest BCUT2D eigenvalue weighted by molar-refractivity contribution is 5.96. The summed E-state index contributed by atoms with van der Waals surface area (Å²) in [5, 5.41) is 4.07. The summed E-state index contributed by atoms with van der Waals surface area (Å²) < 4.78 is 11.4. The summed E-state index contributed by atoms with van der Waals surface area (Å²) in [5.41, 5.74) is 1.83. The number of ether oxygens (including phenoxy) is 1. The zero-order chi connectivity index (χ0) is 15.8. The lowest BCUT2D eigenvalue weighted by Gasteiger charge is -2.27. The van der Waals surface area contributed by atoms with E-state index in [1.165, 1.54) is 12.8 Å². The summed E-state index contributed by atoms with van der Waals surface area (Å²) in [6, 6.07) is 8.07. The zero-order valence-corrected chi connectivity index (χ0v) is 13.4. The van der Waals surface area contributed by atoms with Gasteiger partial charge in [-0.05, 0) is 44.5 Å². The minimum absolute atomic E-state index is 0.0370. The lowest BCUT2D eigenvalue weighted by Crippen LogP contribution is -2.50. The Labute approximate surface area is 135 Å². The van der Waals surface area contributed by atoms with Crippen LogP contribution < -0.4 is 5.32 Å². The number of furan rings is 1. The fraction of sp³-hybridized carbons (Fsp3) is 0.500. The van der Waals surface area contributed by atoms with Gasteiger partial charge in [0.25, 0.3) is 5.91 Å². The molecule has 2 fully saturated rings. The molecule has 5 heteroatoms. The van der Waals surface area contributed by atoms with Crippen LogP contribution in [0.4, 0.5) is 0 Å². The number of carbonyl (C=O) groups excluding carboxylic acids is 1. The summed E-state index contributed by atoms with van der Waals surface area (Å²) in [7, 11) is 0. The summed E-state index contributed by atoms with van der Waals surface area (Å²) in [4.78, 5) is 15.0. The Morgan fingerprint density at radius 1 is 1.26 bits per heavy atom. The van der Waals surface area contributed by atoms with Crippen LogP contribution in [-0.4, -0.2) is 49.2 Å². The molecule has 2 aromatic rings. The van der Waals surface area contributed by atoms with Gasteiger partial charge in [0.2, 0.25) is 0 Å². The van der Waals surface area contributed by atoms with Gasteiger partial charge in [0.1, 0.15) is 5.58 Å². The van der Waals surface area contributed by atoms with Gasteiger partial charge >= 0.3 is 0 Å². The largest absolute Gasteiger partial charge is 0.451 e. The van der Waals surface area contributed by atoms with Crippen molar-refractivity contribution < 1.29 is 13.9 Å². The van der Waals surface area contributed by atoms with Gasteiger partial charge in [-0.15, -0.1) is 0 Å². The summed E-state index contributed by atoms with van der Waals surface area (Å²) in [6.45, 7) is 5.46. The van der Waals surface area contributed by atoms with Crippen LogP contribution in [0.25, 0.3) is 11.0 Å². The van der Waals surface area contributed by atoms with Crippen LogP contribution in [0.15, 0.2) is 28.7 Å². The molecular weight excluding hydrogens is 292 g/mol. The molecule has 4 rings (SSSR count). The van der Waals surface area contributed by atoms with Crippen molar-refractivity contribution in [2.75, 3.05) is 26.3 Å². The molecule has 23 heavy (non-hydrogen) atoms. The molecule has 2 aliphatic rings. The number of benzene rings is 1. The first-order valence-electron chi connectivity index (χ1n) is 8.34. The van der Waals surface area contributed by atoms with E-state index in [0.29, 0.717) is 19.0 Å². The molecular formula is C18H22N2O3. The van der Waals surface area contributed by atoms with E-state index in [2.05, 4.69) is 10.2 Å². The Morgan fingerprint density at radius 3 is 2.87 bits per heavy atom. The maximum absolute atomic E-state index is 12.6. The van der Waals surface area contributed by atoms with Crippen LogP contribution in [0, 0.1) is 6.92 Å². The molecule has 1 amide bonds. The Kier molecular flexibility index (Phi) is 3.83. The molecule has 2 atom stereocenters. The number of hydrogen-bond donors (Lipinski definition) is 1. The molecule has 2 aliphatic heterocycles. The number of amides is 1. The van der Waals surface area contributed by atoms with E-state index in [9.17, 15) is 4.79 Å². The smallest absolute Gasteiger partial charge is 0.287 e. The van der Waals surface area contributed by atoms with E-state index >= 15 is 0 Å². The average molecular weight is 314 g/mol. The first kappa shape index (κ1) is 14.7. The van der Waals surface area contributed by atoms with Gasteiger partial charge in [-0.2, -0.15) is 0 Å². The van der Waals surface area contributed by atoms with Gasteiger partial charge in [0, 0.05) is 5.39 Å². The molecule has 1 N–H and O–H groups in total. The van der Waals surface area contributed by atoms with Gasteiger partial charge < -0.3 is 14.5 Å². The van der Waals surface area contributed by atoms with E-state index in [0.717, 1.165) is 29.6 Å². The highest BCUT2D eigenvalue weighted by Crippen LogP contribution is 2.23. The second kappa shape index (κ2) is 5.98. The quantitative estimate of drug-likeness (QED) is 0.945. The van der Waals surface area contributed by atoms with Crippen molar-refractivity contribution in [3.8, 4) is 0 Å². The number of nitrogens with zero attached hydrogens (tertiary/aromatic N) is 1. The number of nitrogens with one attached hydrogen (secondary N) is 1. The molecule has 122 valence electrons. The van der Waals surface area contributed by atoms with Gasteiger partial charge in [-0.1, -0.05) is 18.2 Å². The molecule has 3 heterocycles. The second-order valence-corrected chi connectivity index (χ2v) is 6.53. The normalized spacial score (nSPS) is 25.3. The van der Waals surface area contributed by atoms with Crippen LogP contribution in [0.3, 0.4) is 0 Å². The molecule has 0 saturated carbocycles. The van der Waals surface area contributed by atoms with Crippen LogP contribution in [0.1, 0.15) is 29.0 Å². The maximum atomic E-state index is 12.6. The zero-order valence-electron chi connectivity index (χ0n) is 13.4. The van der Waals surface area contributed by atoms with E-state index in [1.807, 2.05) is 31.2 Å². The molecule has 1 aromatic heterocycles. The van der Waals surface area contributed by atoms with Crippen molar-refractivity contribution in [3.05, 3.63) is 35.6 Å². The molecule has 0 unspecified atom stereocenters. The summed E-state index contributed by atoms with van der Waals surface area (Å²) in [5.74, 6) is 0.224. The second-order valence-electron chi connectivity index (χ2n) is 6.53. The summed E-state index contributed by atoms with van der Waals surface area (Å²) in [6.07, 6.45) is 2.47. The van der Waals surface area contributed by atoms with Crippen molar-refractivity contribution >= 4 is 16.9 Å². The Balaban J connectivity index is 1.50. The van der Waals surface area contributed by atoms with E-state index in [1.54, 1.807) is 0 Å². The number of hydrogen-bond acceptors (Lipinski definition) is 4. The lowest BCUT2D eigenvalue weighted by atomic mass is 10.1. The number of rotatable bonds is 3. The van der Waals surface area contributed by atoms with Crippen molar-refractivity contribution in [1.82, 2.24) is 10.2 Å². The first-order chi connectivity index (χ1) is 11.2. The van der Waals surface area contributed by atoms with Crippen LogP contribution in [0.2, 0.25) is 0 Å². The molecule has 1 aromatic carbocycles. The van der Waals surface area contributed by atoms with Crippen molar-refractivity contribution in [1.29, 1.82) is 0 Å². The summed E-state index contributed by atoms with van der Waals surface area (Å²) >= 11 is 0. The number of fused-ring (bicyclic) bond motifs is 1. The Bertz CT molecular complexity index is 718. The van der Waals surface area contributed by atoms with Crippen molar-refractivity contribution in [2.24, 2.45) is 0 Å². The number of aryl methyl sites for hydroxylation is 1. The van der Waals surface area contributed by atoms with Gasteiger partial charge in [0.15, 0.2) is 5.76 Å². The van der Waals surface area contributed by atoms with Gasteiger partial charge in [0.05, 0.1) is 25.3 Å². The fourth-order valence-corrected chi connectivity index (χ4v) is 3.67.